The van der Waals surface area contributed by atoms with Gasteiger partial charge in [0.05, 0.1) is 24.3 Å². The van der Waals surface area contributed by atoms with Crippen molar-refractivity contribution in [1.82, 2.24) is 25.0 Å². The summed E-state index contributed by atoms with van der Waals surface area (Å²) in [5.41, 5.74) is 2.04. The van der Waals surface area contributed by atoms with Crippen LogP contribution < -0.4 is 5.32 Å². The van der Waals surface area contributed by atoms with Gasteiger partial charge in [-0.2, -0.15) is 0 Å². The van der Waals surface area contributed by atoms with Crippen molar-refractivity contribution in [2.75, 3.05) is 24.6 Å². The Bertz CT molecular complexity index is 1110. The summed E-state index contributed by atoms with van der Waals surface area (Å²) in [4.78, 5) is 36.7. The first kappa shape index (κ1) is 22.2. The zero-order chi connectivity index (χ0) is 22.5. The topological polar surface area (TPSA) is 110 Å². The molecule has 166 valence electrons. The van der Waals surface area contributed by atoms with E-state index in [1.165, 1.54) is 11.8 Å². The van der Waals surface area contributed by atoms with E-state index >= 15 is 0 Å². The summed E-state index contributed by atoms with van der Waals surface area (Å²) in [5.74, 6) is 1.29. The number of hydrogen-bond donors (Lipinski definition) is 1. The van der Waals surface area contributed by atoms with Gasteiger partial charge in [-0.15, -0.1) is 10.2 Å². The monoisotopic (exact) mass is 471 g/mol. The molecule has 32 heavy (non-hydrogen) atoms. The van der Waals surface area contributed by atoms with Gasteiger partial charge in [0, 0.05) is 18.7 Å². The molecule has 0 unspecified atom stereocenters. The fourth-order valence-electron chi connectivity index (χ4n) is 3.18. The second kappa shape index (κ2) is 10.0. The Morgan fingerprint density at radius 2 is 2.12 bits per heavy atom. The molecule has 0 radical (unpaired) electrons. The Hall–Kier alpha value is -3.05. The largest absolute Gasteiger partial charge is 0.467 e. The van der Waals surface area contributed by atoms with E-state index in [9.17, 15) is 14.4 Å². The third-order valence-electron chi connectivity index (χ3n) is 4.72. The van der Waals surface area contributed by atoms with Crippen LogP contribution in [0, 0.1) is 6.92 Å². The lowest BCUT2D eigenvalue weighted by Gasteiger charge is -2.13. The number of nitrogens with zero attached hydrogens (tertiary/aromatic N) is 4. The summed E-state index contributed by atoms with van der Waals surface area (Å²) in [6.45, 7) is 2.83. The van der Waals surface area contributed by atoms with Crippen molar-refractivity contribution in [1.29, 1.82) is 0 Å². The molecule has 0 spiro atoms. The minimum atomic E-state index is -0.270. The number of rotatable bonds is 9. The second-order valence-electron chi connectivity index (χ2n) is 7.08. The number of furan rings is 1. The normalized spacial score (nSPS) is 13.7. The Morgan fingerprint density at radius 3 is 2.84 bits per heavy atom. The molecule has 4 rings (SSSR count). The highest BCUT2D eigenvalue weighted by Crippen LogP contribution is 2.26. The summed E-state index contributed by atoms with van der Waals surface area (Å²) in [5, 5.41) is 11.7. The molecule has 3 aromatic rings. The molecule has 3 amide bonds. The number of aryl methyl sites for hydroxylation is 1. The van der Waals surface area contributed by atoms with Gasteiger partial charge in [0.1, 0.15) is 5.76 Å². The van der Waals surface area contributed by atoms with E-state index in [2.05, 4.69) is 15.5 Å². The third kappa shape index (κ3) is 5.22. The average molecular weight is 472 g/mol. The molecule has 11 heteroatoms. The van der Waals surface area contributed by atoms with Crippen LogP contribution in [0.25, 0.3) is 11.4 Å². The number of nitrogens with one attached hydrogen (secondary N) is 1. The summed E-state index contributed by atoms with van der Waals surface area (Å²) in [6, 6.07) is 11.7. The van der Waals surface area contributed by atoms with Gasteiger partial charge in [0.15, 0.2) is 11.0 Å². The summed E-state index contributed by atoms with van der Waals surface area (Å²) in [6.07, 6.45) is 1.61. The van der Waals surface area contributed by atoms with Crippen molar-refractivity contribution in [2.45, 2.75) is 18.6 Å². The van der Waals surface area contributed by atoms with Crippen LogP contribution in [0.1, 0.15) is 11.3 Å². The lowest BCUT2D eigenvalue weighted by molar-refractivity contribution is -0.125. The fourth-order valence-corrected chi connectivity index (χ4v) is 4.70. The zero-order valence-electron chi connectivity index (χ0n) is 17.3. The highest BCUT2D eigenvalue weighted by atomic mass is 32.2. The van der Waals surface area contributed by atoms with Gasteiger partial charge in [0.2, 0.25) is 11.8 Å². The molecule has 0 saturated carbocycles. The molecule has 0 atom stereocenters. The van der Waals surface area contributed by atoms with Crippen molar-refractivity contribution >= 4 is 40.6 Å². The third-order valence-corrected chi connectivity index (χ3v) is 6.54. The quantitative estimate of drug-likeness (QED) is 0.475. The highest BCUT2D eigenvalue weighted by molar-refractivity contribution is 8.14. The molecular weight excluding hydrogens is 450 g/mol. The first-order chi connectivity index (χ1) is 15.5. The van der Waals surface area contributed by atoms with E-state index in [0.29, 0.717) is 17.5 Å². The molecule has 1 saturated heterocycles. The molecule has 1 N–H and O–H groups in total. The molecule has 2 aromatic heterocycles. The van der Waals surface area contributed by atoms with Crippen LogP contribution in [0.3, 0.4) is 0 Å². The number of hydrogen-bond acceptors (Lipinski definition) is 8. The van der Waals surface area contributed by atoms with Crippen LogP contribution in [0.5, 0.6) is 0 Å². The molecular formula is C21H21N5O4S2. The Kier molecular flexibility index (Phi) is 6.96. The maximum atomic E-state index is 12.3. The van der Waals surface area contributed by atoms with Gasteiger partial charge in [-0.3, -0.25) is 23.9 Å². The standard InChI is InChI=1S/C21H21N5O4S2/c1-14-4-2-5-15(10-14)19-23-24-20(26(19)11-16-6-3-9-30-16)31-12-17(27)22-7-8-25-18(28)13-32-21(25)29/h2-6,9-10H,7-8,11-13H2,1H3,(H,22,27). The molecule has 0 bridgehead atoms. The lowest BCUT2D eigenvalue weighted by atomic mass is 10.1. The Labute approximate surface area is 192 Å². The molecule has 0 aliphatic carbocycles. The summed E-state index contributed by atoms with van der Waals surface area (Å²) < 4.78 is 7.42. The lowest BCUT2D eigenvalue weighted by Crippen LogP contribution is -2.38. The summed E-state index contributed by atoms with van der Waals surface area (Å²) in [7, 11) is 0. The summed E-state index contributed by atoms with van der Waals surface area (Å²) >= 11 is 2.24. The minimum absolute atomic E-state index is 0.126. The first-order valence-electron chi connectivity index (χ1n) is 9.90. The number of imide groups is 1. The van der Waals surface area contributed by atoms with Crippen LogP contribution in [0.2, 0.25) is 0 Å². The smallest absolute Gasteiger partial charge is 0.288 e. The Balaban J connectivity index is 1.41. The van der Waals surface area contributed by atoms with E-state index in [1.807, 2.05) is 47.9 Å². The average Bonchev–Trinajstić information content (AvgIpc) is 3.50. The molecule has 1 aromatic carbocycles. The van der Waals surface area contributed by atoms with Crippen LogP contribution in [-0.2, 0) is 16.1 Å². The second-order valence-corrected chi connectivity index (χ2v) is 8.95. The first-order valence-corrected chi connectivity index (χ1v) is 11.9. The van der Waals surface area contributed by atoms with Gasteiger partial charge in [-0.25, -0.2) is 0 Å². The van der Waals surface area contributed by atoms with Gasteiger partial charge in [-0.1, -0.05) is 47.3 Å². The predicted molar refractivity (Wildman–Crippen MR) is 121 cm³/mol. The van der Waals surface area contributed by atoms with Crippen molar-refractivity contribution < 1.29 is 18.8 Å². The molecule has 3 heterocycles. The van der Waals surface area contributed by atoms with Crippen molar-refractivity contribution in [3.05, 3.63) is 54.0 Å². The van der Waals surface area contributed by atoms with Crippen LogP contribution in [0.4, 0.5) is 4.79 Å². The molecule has 1 aliphatic heterocycles. The number of aromatic nitrogens is 3. The highest BCUT2D eigenvalue weighted by Gasteiger charge is 2.29. The van der Waals surface area contributed by atoms with Crippen molar-refractivity contribution in [2.24, 2.45) is 0 Å². The fraction of sp³-hybridized carbons (Fsp3) is 0.286. The van der Waals surface area contributed by atoms with E-state index in [4.69, 9.17) is 4.42 Å². The maximum Gasteiger partial charge on any atom is 0.288 e. The van der Waals surface area contributed by atoms with E-state index in [0.717, 1.165) is 33.5 Å². The van der Waals surface area contributed by atoms with E-state index in [1.54, 1.807) is 6.26 Å². The van der Waals surface area contributed by atoms with Crippen LogP contribution in [0.15, 0.2) is 52.2 Å². The van der Waals surface area contributed by atoms with Crippen molar-refractivity contribution in [3.63, 3.8) is 0 Å². The number of benzene rings is 1. The van der Waals surface area contributed by atoms with Gasteiger partial charge >= 0.3 is 0 Å². The SMILES string of the molecule is Cc1cccc(-c2nnc(SCC(=O)NCCN3C(=O)CSC3=O)n2Cc2ccco2)c1. The van der Waals surface area contributed by atoms with Gasteiger partial charge < -0.3 is 9.73 Å². The number of carbonyl (C=O) groups is 3. The van der Waals surface area contributed by atoms with Gasteiger partial charge in [-0.05, 0) is 25.1 Å². The van der Waals surface area contributed by atoms with E-state index < -0.39 is 0 Å². The minimum Gasteiger partial charge on any atom is -0.467 e. The number of thioether (sulfide) groups is 2. The van der Waals surface area contributed by atoms with Gasteiger partial charge in [0.25, 0.3) is 5.24 Å². The number of amides is 3. The molecule has 1 fully saturated rings. The van der Waals surface area contributed by atoms with Crippen LogP contribution in [-0.4, -0.2) is 61.3 Å². The van der Waals surface area contributed by atoms with Crippen LogP contribution >= 0.6 is 23.5 Å². The number of carbonyl (C=O) groups excluding carboxylic acids is 3. The van der Waals surface area contributed by atoms with Crippen molar-refractivity contribution in [3.8, 4) is 11.4 Å². The van der Waals surface area contributed by atoms with E-state index in [-0.39, 0.29) is 41.6 Å². The molecule has 1 aliphatic rings. The Morgan fingerprint density at radius 1 is 1.25 bits per heavy atom. The predicted octanol–water partition coefficient (Wildman–Crippen LogP) is 2.80. The molecule has 9 nitrogen and oxygen atoms in total. The maximum absolute atomic E-state index is 12.3. The zero-order valence-corrected chi connectivity index (χ0v) is 18.9.